The Balaban J connectivity index is 1.47. The number of aromatic nitrogens is 1. The minimum absolute atomic E-state index is 0.0290. The van der Waals surface area contributed by atoms with Gasteiger partial charge in [0.2, 0.25) is 0 Å². The highest BCUT2D eigenvalue weighted by molar-refractivity contribution is 7.46. The summed E-state index contributed by atoms with van der Waals surface area (Å²) in [5, 5.41) is 0. The summed E-state index contributed by atoms with van der Waals surface area (Å²) >= 11 is 0. The molecule has 3 heterocycles. The third kappa shape index (κ3) is 4.86. The lowest BCUT2D eigenvalue weighted by molar-refractivity contribution is -0.137. The largest absolute Gasteiger partial charge is 0.469 e. The molecular weight excluding hydrogens is 470 g/mol. The number of rotatable bonds is 6. The van der Waals surface area contributed by atoms with Crippen LogP contribution >= 0.6 is 7.82 Å². The first-order chi connectivity index (χ1) is 15.4. The van der Waals surface area contributed by atoms with Crippen LogP contribution in [0.5, 0.6) is 0 Å². The van der Waals surface area contributed by atoms with Crippen LogP contribution in [-0.2, 0) is 18.6 Å². The number of carbonyl (C=O) groups is 2. The molecule has 4 rings (SSSR count). The highest BCUT2D eigenvalue weighted by Crippen LogP contribution is 2.37. The molecule has 2 N–H and O–H groups in total. The number of benzene rings is 1. The number of cyclic esters (lactones) is 1. The smallest absolute Gasteiger partial charge is 0.441 e. The molecule has 176 valence electrons. The van der Waals surface area contributed by atoms with Crippen LogP contribution in [0.25, 0.3) is 11.1 Å². The Labute approximate surface area is 184 Å². The standard InChI is InChI=1S/C19H17F3N3O7P/c20-15-7-12(25-9-13(32-18(25)27)10-31-33(28,29)30)2-3-14(15)11-1-4-16(23-8-11)24-6-5-19(21,22)17(24)26/h1-4,7-8,13H,5-6,9-10H2,(H2,28,29,30)/t13-/m1/s1. The molecule has 1 atom stereocenters. The molecule has 1 aromatic heterocycles. The summed E-state index contributed by atoms with van der Waals surface area (Å²) < 4.78 is 61.7. The van der Waals surface area contributed by atoms with Crippen LogP contribution in [0, 0.1) is 5.82 Å². The molecule has 1 aromatic carbocycles. The number of anilines is 2. The molecule has 0 bridgehead atoms. The van der Waals surface area contributed by atoms with Crippen LogP contribution in [0.4, 0.5) is 29.5 Å². The lowest BCUT2D eigenvalue weighted by atomic mass is 10.1. The maximum atomic E-state index is 14.8. The van der Waals surface area contributed by atoms with E-state index in [-0.39, 0.29) is 30.2 Å². The van der Waals surface area contributed by atoms with Gasteiger partial charge in [-0.25, -0.2) is 18.7 Å². The van der Waals surface area contributed by atoms with E-state index in [9.17, 15) is 27.3 Å². The van der Waals surface area contributed by atoms with Gasteiger partial charge in [0, 0.05) is 30.3 Å². The monoisotopic (exact) mass is 487 g/mol. The Morgan fingerprint density at radius 3 is 2.55 bits per heavy atom. The number of nitrogens with zero attached hydrogens (tertiary/aromatic N) is 3. The van der Waals surface area contributed by atoms with Gasteiger partial charge in [0.25, 0.3) is 5.91 Å². The molecule has 33 heavy (non-hydrogen) atoms. The van der Waals surface area contributed by atoms with Crippen molar-refractivity contribution < 1.29 is 46.4 Å². The van der Waals surface area contributed by atoms with E-state index in [1.165, 1.54) is 30.5 Å². The fourth-order valence-electron chi connectivity index (χ4n) is 3.49. The molecule has 0 aliphatic carbocycles. The second-order valence-corrected chi connectivity index (χ2v) is 8.62. The number of phosphoric acid groups is 1. The lowest BCUT2D eigenvalue weighted by Gasteiger charge is -2.16. The Bertz CT molecular complexity index is 1140. The minimum Gasteiger partial charge on any atom is -0.441 e. The first kappa shape index (κ1) is 23.2. The van der Waals surface area contributed by atoms with E-state index in [0.717, 1.165) is 15.9 Å². The van der Waals surface area contributed by atoms with E-state index in [1.54, 1.807) is 0 Å². The van der Waals surface area contributed by atoms with Gasteiger partial charge >= 0.3 is 19.8 Å². The number of pyridine rings is 1. The second-order valence-electron chi connectivity index (χ2n) is 7.38. The molecule has 14 heteroatoms. The number of hydrogen-bond donors (Lipinski definition) is 2. The van der Waals surface area contributed by atoms with Gasteiger partial charge in [-0.1, -0.05) is 0 Å². The third-order valence-electron chi connectivity index (χ3n) is 5.11. The maximum absolute atomic E-state index is 14.8. The van der Waals surface area contributed by atoms with Crippen LogP contribution in [0.3, 0.4) is 0 Å². The highest BCUT2D eigenvalue weighted by Gasteiger charge is 2.48. The molecule has 10 nitrogen and oxygen atoms in total. The molecule has 2 aromatic rings. The summed E-state index contributed by atoms with van der Waals surface area (Å²) in [6, 6.07) is 6.66. The predicted octanol–water partition coefficient (Wildman–Crippen LogP) is 2.69. The van der Waals surface area contributed by atoms with Gasteiger partial charge in [-0.05, 0) is 30.3 Å². The van der Waals surface area contributed by atoms with E-state index in [1.807, 2.05) is 0 Å². The molecule has 0 saturated carbocycles. The van der Waals surface area contributed by atoms with Crippen molar-refractivity contribution >= 4 is 31.3 Å². The van der Waals surface area contributed by atoms with Crippen molar-refractivity contribution in [1.29, 1.82) is 0 Å². The van der Waals surface area contributed by atoms with Crippen LogP contribution in [-0.4, -0.2) is 58.5 Å². The number of amides is 2. The van der Waals surface area contributed by atoms with E-state index in [4.69, 9.17) is 14.5 Å². The SMILES string of the molecule is O=C1O[C@@H](COP(=O)(O)O)CN1c1ccc(-c2ccc(N3CCC(F)(F)C3=O)nc2)c(F)c1. The number of alkyl halides is 2. The van der Waals surface area contributed by atoms with E-state index >= 15 is 0 Å². The molecule has 2 saturated heterocycles. The van der Waals surface area contributed by atoms with Gasteiger partial charge in [0.15, 0.2) is 0 Å². The molecule has 2 amide bonds. The fourth-order valence-corrected chi connectivity index (χ4v) is 3.85. The van der Waals surface area contributed by atoms with Crippen molar-refractivity contribution in [3.63, 3.8) is 0 Å². The summed E-state index contributed by atoms with van der Waals surface area (Å²) in [5.74, 6) is -5.45. The van der Waals surface area contributed by atoms with Gasteiger partial charge in [-0.3, -0.25) is 19.1 Å². The zero-order valence-corrected chi connectivity index (χ0v) is 17.6. The zero-order valence-electron chi connectivity index (χ0n) is 16.7. The number of hydrogen-bond acceptors (Lipinski definition) is 6. The molecule has 0 radical (unpaired) electrons. The topological polar surface area (TPSA) is 130 Å². The first-order valence-electron chi connectivity index (χ1n) is 9.58. The van der Waals surface area contributed by atoms with Crippen molar-refractivity contribution in [3.05, 3.63) is 42.3 Å². The summed E-state index contributed by atoms with van der Waals surface area (Å²) in [7, 11) is -4.73. The third-order valence-corrected chi connectivity index (χ3v) is 5.60. The summed E-state index contributed by atoms with van der Waals surface area (Å²) in [6.45, 7) is -0.813. The number of carbonyl (C=O) groups excluding carboxylic acids is 2. The van der Waals surface area contributed by atoms with Gasteiger partial charge < -0.3 is 14.5 Å². The Morgan fingerprint density at radius 2 is 1.97 bits per heavy atom. The molecule has 2 aliphatic rings. The molecule has 2 aliphatic heterocycles. The average Bonchev–Trinajstić information content (AvgIpc) is 3.25. The van der Waals surface area contributed by atoms with Gasteiger partial charge in [-0.15, -0.1) is 0 Å². The normalized spacial score (nSPS) is 20.5. The van der Waals surface area contributed by atoms with Crippen LogP contribution in [0.1, 0.15) is 6.42 Å². The Kier molecular flexibility index (Phi) is 5.91. The maximum Gasteiger partial charge on any atom is 0.469 e. The molecule has 0 spiro atoms. The van der Waals surface area contributed by atoms with Crippen molar-refractivity contribution in [2.24, 2.45) is 0 Å². The summed E-state index contributed by atoms with van der Waals surface area (Å²) in [4.78, 5) is 47.2. The summed E-state index contributed by atoms with van der Waals surface area (Å²) in [5.41, 5.74) is 0.581. The van der Waals surface area contributed by atoms with E-state index < -0.39 is 50.7 Å². The quantitative estimate of drug-likeness (QED) is 0.595. The average molecular weight is 487 g/mol. The molecule has 0 unspecified atom stereocenters. The van der Waals surface area contributed by atoms with Crippen molar-refractivity contribution in [2.45, 2.75) is 18.4 Å². The Morgan fingerprint density at radius 1 is 1.21 bits per heavy atom. The molecular formula is C19H17F3N3O7P. The minimum atomic E-state index is -4.73. The lowest BCUT2D eigenvalue weighted by Crippen LogP contribution is -2.33. The highest BCUT2D eigenvalue weighted by atomic mass is 31.2. The first-order valence-corrected chi connectivity index (χ1v) is 11.1. The van der Waals surface area contributed by atoms with E-state index in [0.29, 0.717) is 5.56 Å². The number of phosphoric ester groups is 1. The van der Waals surface area contributed by atoms with Gasteiger partial charge in [0.05, 0.1) is 18.8 Å². The van der Waals surface area contributed by atoms with Crippen LogP contribution in [0.15, 0.2) is 36.5 Å². The fraction of sp³-hybridized carbons (Fsp3) is 0.316. The van der Waals surface area contributed by atoms with Crippen molar-refractivity contribution in [3.8, 4) is 11.1 Å². The number of ether oxygens (including phenoxy) is 1. The molecule has 2 fully saturated rings. The Hall–Kier alpha value is -2.99. The van der Waals surface area contributed by atoms with E-state index in [2.05, 4.69) is 9.51 Å². The van der Waals surface area contributed by atoms with Crippen molar-refractivity contribution in [2.75, 3.05) is 29.5 Å². The zero-order chi connectivity index (χ0) is 24.0. The van der Waals surface area contributed by atoms with Crippen LogP contribution in [0.2, 0.25) is 0 Å². The van der Waals surface area contributed by atoms with Gasteiger partial charge in [0.1, 0.15) is 17.7 Å². The second kappa shape index (κ2) is 8.41. The van der Waals surface area contributed by atoms with Gasteiger partial charge in [-0.2, -0.15) is 8.78 Å². The van der Waals surface area contributed by atoms with Crippen LogP contribution < -0.4 is 9.80 Å². The summed E-state index contributed by atoms with van der Waals surface area (Å²) in [6.07, 6.45) is -1.14. The van der Waals surface area contributed by atoms with Crippen molar-refractivity contribution in [1.82, 2.24) is 4.98 Å². The number of halogens is 3. The predicted molar refractivity (Wildman–Crippen MR) is 107 cm³/mol.